The molecule has 1 aromatic carbocycles. The summed E-state index contributed by atoms with van der Waals surface area (Å²) in [7, 11) is 0. The van der Waals surface area contributed by atoms with Crippen molar-refractivity contribution in [3.8, 4) is 0 Å². The van der Waals surface area contributed by atoms with Gasteiger partial charge in [-0.3, -0.25) is 9.59 Å². The number of carbonyl (C=O) groups is 3. The standard InChI is InChI=1S/C13H12Cl2N2O4S/c14-6-1-2-7(15)8(3-6)16-11(18)4-10-12(19)17-9(5-22-10)13(20)21/h1-3,9-10H,4-5H2,(H,16,18)(H,17,19)(H,20,21)/t9-,10+/m0/s1. The van der Waals surface area contributed by atoms with E-state index in [0.717, 1.165) is 11.8 Å². The molecule has 1 aliphatic heterocycles. The Morgan fingerprint density at radius 1 is 1.41 bits per heavy atom. The van der Waals surface area contributed by atoms with Crippen LogP contribution in [0.2, 0.25) is 10.0 Å². The van der Waals surface area contributed by atoms with E-state index in [0.29, 0.717) is 15.7 Å². The molecule has 0 unspecified atom stereocenters. The van der Waals surface area contributed by atoms with E-state index in [1.165, 1.54) is 6.07 Å². The highest BCUT2D eigenvalue weighted by Gasteiger charge is 2.33. The van der Waals surface area contributed by atoms with Crippen molar-refractivity contribution < 1.29 is 19.5 Å². The highest BCUT2D eigenvalue weighted by atomic mass is 35.5. The normalized spacial score (nSPS) is 21.1. The van der Waals surface area contributed by atoms with Crippen molar-refractivity contribution in [1.82, 2.24) is 5.32 Å². The monoisotopic (exact) mass is 362 g/mol. The van der Waals surface area contributed by atoms with Gasteiger partial charge >= 0.3 is 5.97 Å². The van der Waals surface area contributed by atoms with Crippen LogP contribution in [0.4, 0.5) is 5.69 Å². The number of carboxylic acids is 1. The summed E-state index contributed by atoms with van der Waals surface area (Å²) in [5, 5.41) is 13.9. The van der Waals surface area contributed by atoms with Gasteiger partial charge in [-0.1, -0.05) is 23.2 Å². The molecule has 2 atom stereocenters. The molecule has 3 N–H and O–H groups in total. The highest BCUT2D eigenvalue weighted by molar-refractivity contribution is 8.00. The molecule has 22 heavy (non-hydrogen) atoms. The van der Waals surface area contributed by atoms with Gasteiger partial charge < -0.3 is 15.7 Å². The fraction of sp³-hybridized carbons (Fsp3) is 0.308. The summed E-state index contributed by atoms with van der Waals surface area (Å²) in [6.45, 7) is 0. The number of hydrogen-bond acceptors (Lipinski definition) is 4. The summed E-state index contributed by atoms with van der Waals surface area (Å²) in [6, 6.07) is 3.74. The number of hydrogen-bond donors (Lipinski definition) is 3. The van der Waals surface area contributed by atoms with Crippen LogP contribution < -0.4 is 10.6 Å². The number of thioether (sulfide) groups is 1. The van der Waals surface area contributed by atoms with Gasteiger partial charge in [0.15, 0.2) is 0 Å². The Morgan fingerprint density at radius 3 is 2.77 bits per heavy atom. The first kappa shape index (κ1) is 16.9. The van der Waals surface area contributed by atoms with Gasteiger partial charge in [0.25, 0.3) is 0 Å². The number of anilines is 1. The fourth-order valence-corrected chi connectivity index (χ4v) is 3.32. The molecule has 0 aliphatic carbocycles. The molecule has 9 heteroatoms. The highest BCUT2D eigenvalue weighted by Crippen LogP contribution is 2.27. The average Bonchev–Trinajstić information content (AvgIpc) is 2.45. The fourth-order valence-electron chi connectivity index (χ4n) is 1.84. The molecule has 1 heterocycles. The lowest BCUT2D eigenvalue weighted by Crippen LogP contribution is -2.51. The van der Waals surface area contributed by atoms with Crippen molar-refractivity contribution in [1.29, 1.82) is 0 Å². The van der Waals surface area contributed by atoms with Gasteiger partial charge in [-0.25, -0.2) is 4.79 Å². The van der Waals surface area contributed by atoms with Gasteiger partial charge in [0.1, 0.15) is 6.04 Å². The van der Waals surface area contributed by atoms with Crippen LogP contribution in [0.15, 0.2) is 18.2 Å². The van der Waals surface area contributed by atoms with Crippen molar-refractivity contribution in [3.05, 3.63) is 28.2 Å². The molecular weight excluding hydrogens is 351 g/mol. The van der Waals surface area contributed by atoms with Crippen LogP contribution in [0.5, 0.6) is 0 Å². The van der Waals surface area contributed by atoms with Crippen LogP contribution in [0.25, 0.3) is 0 Å². The van der Waals surface area contributed by atoms with Crippen molar-refractivity contribution in [2.24, 2.45) is 0 Å². The third-order valence-electron chi connectivity index (χ3n) is 2.94. The number of carboxylic acid groups (broad SMARTS) is 1. The van der Waals surface area contributed by atoms with E-state index in [2.05, 4.69) is 10.6 Å². The first-order valence-electron chi connectivity index (χ1n) is 6.26. The van der Waals surface area contributed by atoms with Crippen molar-refractivity contribution in [2.45, 2.75) is 17.7 Å². The molecule has 0 bridgehead atoms. The van der Waals surface area contributed by atoms with Crippen LogP contribution in [0.3, 0.4) is 0 Å². The second kappa shape index (κ2) is 7.21. The number of rotatable bonds is 4. The molecule has 2 amide bonds. The zero-order chi connectivity index (χ0) is 16.3. The lowest BCUT2D eigenvalue weighted by Gasteiger charge is -2.25. The van der Waals surface area contributed by atoms with Gasteiger partial charge in [0.2, 0.25) is 11.8 Å². The van der Waals surface area contributed by atoms with E-state index < -0.39 is 29.1 Å². The lowest BCUT2D eigenvalue weighted by atomic mass is 10.2. The van der Waals surface area contributed by atoms with Gasteiger partial charge in [-0.05, 0) is 18.2 Å². The summed E-state index contributed by atoms with van der Waals surface area (Å²) < 4.78 is 0. The van der Waals surface area contributed by atoms with Gasteiger partial charge in [-0.2, -0.15) is 0 Å². The van der Waals surface area contributed by atoms with Crippen LogP contribution >= 0.6 is 35.0 Å². The molecule has 6 nitrogen and oxygen atoms in total. The molecule has 1 aliphatic rings. The third kappa shape index (κ3) is 4.28. The molecule has 118 valence electrons. The number of nitrogens with one attached hydrogen (secondary N) is 2. The zero-order valence-corrected chi connectivity index (χ0v) is 13.5. The minimum absolute atomic E-state index is 0.0777. The van der Waals surface area contributed by atoms with Crippen LogP contribution in [-0.2, 0) is 14.4 Å². The minimum atomic E-state index is -1.09. The first-order valence-corrected chi connectivity index (χ1v) is 8.07. The zero-order valence-electron chi connectivity index (χ0n) is 11.1. The molecule has 1 aromatic rings. The molecule has 0 aromatic heterocycles. The maximum Gasteiger partial charge on any atom is 0.327 e. The van der Waals surface area contributed by atoms with E-state index >= 15 is 0 Å². The van der Waals surface area contributed by atoms with E-state index in [9.17, 15) is 14.4 Å². The summed E-state index contributed by atoms with van der Waals surface area (Å²) in [5.74, 6) is -1.73. The van der Waals surface area contributed by atoms with Gasteiger partial charge in [-0.15, -0.1) is 11.8 Å². The third-order valence-corrected chi connectivity index (χ3v) is 4.82. The maximum atomic E-state index is 12.0. The van der Waals surface area contributed by atoms with Crippen molar-refractivity contribution in [2.75, 3.05) is 11.1 Å². The molecule has 1 saturated heterocycles. The summed E-state index contributed by atoms with van der Waals surface area (Å²) in [6.07, 6.45) is -0.0777. The minimum Gasteiger partial charge on any atom is -0.480 e. The average molecular weight is 363 g/mol. The number of benzene rings is 1. The van der Waals surface area contributed by atoms with E-state index in [1.54, 1.807) is 12.1 Å². The Bertz CT molecular complexity index is 626. The predicted octanol–water partition coefficient (Wildman–Crippen LogP) is 2.01. The first-order chi connectivity index (χ1) is 10.4. The van der Waals surface area contributed by atoms with Crippen molar-refractivity contribution >= 4 is 58.4 Å². The predicted molar refractivity (Wildman–Crippen MR) is 85.5 cm³/mol. The molecule has 0 radical (unpaired) electrons. The number of amides is 2. The quantitative estimate of drug-likeness (QED) is 0.761. The summed E-state index contributed by atoms with van der Waals surface area (Å²) >= 11 is 12.9. The number of carbonyl (C=O) groups excluding carboxylic acids is 2. The van der Waals surface area contributed by atoms with Gasteiger partial charge in [0.05, 0.1) is 16.0 Å². The van der Waals surface area contributed by atoms with E-state index in [1.807, 2.05) is 0 Å². The SMILES string of the molecule is O=C(C[C@H]1SC[C@@H](C(=O)O)NC1=O)Nc1cc(Cl)ccc1Cl. The van der Waals surface area contributed by atoms with E-state index in [4.69, 9.17) is 28.3 Å². The molecule has 0 saturated carbocycles. The smallest absolute Gasteiger partial charge is 0.327 e. The molecule has 0 spiro atoms. The van der Waals surface area contributed by atoms with Gasteiger partial charge in [0, 0.05) is 17.2 Å². The Kier molecular flexibility index (Phi) is 5.55. The Morgan fingerprint density at radius 2 is 2.14 bits per heavy atom. The largest absolute Gasteiger partial charge is 0.480 e. The second-order valence-corrected chi connectivity index (χ2v) is 6.68. The Hall–Kier alpha value is -1.44. The van der Waals surface area contributed by atoms with Crippen molar-refractivity contribution in [3.63, 3.8) is 0 Å². The van der Waals surface area contributed by atoms with Crippen LogP contribution in [0, 0.1) is 0 Å². The van der Waals surface area contributed by atoms with Crippen LogP contribution in [0.1, 0.15) is 6.42 Å². The summed E-state index contributed by atoms with van der Waals surface area (Å²) in [5.41, 5.74) is 0.365. The maximum absolute atomic E-state index is 12.0. The second-order valence-electron chi connectivity index (χ2n) is 4.60. The summed E-state index contributed by atoms with van der Waals surface area (Å²) in [4.78, 5) is 34.6. The number of halogens is 2. The molecule has 1 fully saturated rings. The molecular formula is C13H12Cl2N2O4S. The Labute approximate surface area is 140 Å². The lowest BCUT2D eigenvalue weighted by molar-refractivity contribution is -0.141. The molecule has 2 rings (SSSR count). The number of aliphatic carboxylic acids is 1. The Balaban J connectivity index is 1.94. The van der Waals surface area contributed by atoms with E-state index in [-0.39, 0.29) is 12.2 Å². The topological polar surface area (TPSA) is 95.5 Å². The van der Waals surface area contributed by atoms with Crippen LogP contribution in [-0.4, -0.2) is 39.9 Å².